The number of aromatic nitrogens is 1. The normalized spacial score (nSPS) is 13.2. The van der Waals surface area contributed by atoms with Gasteiger partial charge in [0.25, 0.3) is 0 Å². The van der Waals surface area contributed by atoms with Crippen LogP contribution >= 0.6 is 0 Å². The number of carbonyl (C=O) groups is 1. The van der Waals surface area contributed by atoms with Crippen molar-refractivity contribution in [2.75, 3.05) is 0 Å². The predicted molar refractivity (Wildman–Crippen MR) is 113 cm³/mol. The van der Waals surface area contributed by atoms with Crippen LogP contribution in [0, 0.1) is 6.92 Å². The summed E-state index contributed by atoms with van der Waals surface area (Å²) in [7, 11) is 0. The molecule has 2 aromatic carbocycles. The summed E-state index contributed by atoms with van der Waals surface area (Å²) in [4.78, 5) is 17.8. The molecule has 1 aliphatic rings. The molecule has 0 atom stereocenters. The molecule has 0 unspecified atom stereocenters. The number of nitrogens with zero attached hydrogens (tertiary/aromatic N) is 1. The van der Waals surface area contributed by atoms with Crippen LogP contribution in [0.3, 0.4) is 0 Å². The summed E-state index contributed by atoms with van der Waals surface area (Å²) in [6.45, 7) is 6.80. The first-order valence-corrected chi connectivity index (χ1v) is 9.58. The van der Waals surface area contributed by atoms with E-state index in [2.05, 4.69) is 26.8 Å². The molecular formula is C25H23NO2. The monoisotopic (exact) mass is 369 g/mol. The van der Waals surface area contributed by atoms with Crippen LogP contribution in [0.5, 0.6) is 5.75 Å². The molecule has 1 aromatic heterocycles. The van der Waals surface area contributed by atoms with Crippen molar-refractivity contribution in [1.82, 2.24) is 4.98 Å². The van der Waals surface area contributed by atoms with Gasteiger partial charge in [-0.25, -0.2) is 0 Å². The van der Waals surface area contributed by atoms with Gasteiger partial charge >= 0.3 is 0 Å². The highest BCUT2D eigenvalue weighted by molar-refractivity contribution is 6.12. The first-order chi connectivity index (χ1) is 13.5. The first kappa shape index (κ1) is 18.2. The second-order valence-corrected chi connectivity index (χ2v) is 7.46. The van der Waals surface area contributed by atoms with Gasteiger partial charge < -0.3 is 4.74 Å². The number of pyridine rings is 1. The number of benzene rings is 2. The van der Waals surface area contributed by atoms with Crippen LogP contribution in [0.1, 0.15) is 63.8 Å². The average Bonchev–Trinajstić information content (AvgIpc) is 2.84. The molecule has 0 amide bonds. The lowest BCUT2D eigenvalue weighted by atomic mass is 9.98. The zero-order valence-electron chi connectivity index (χ0n) is 16.4. The molecule has 0 bridgehead atoms. The van der Waals surface area contributed by atoms with Gasteiger partial charge in [0.15, 0.2) is 5.78 Å². The van der Waals surface area contributed by atoms with E-state index in [-0.39, 0.29) is 5.78 Å². The van der Waals surface area contributed by atoms with E-state index in [1.54, 1.807) is 0 Å². The minimum absolute atomic E-state index is 0.00825. The standard InChI is InChI=1S/C25H23NO2/c1-16(2)24-17(3)8-11-20(26-24)12-9-18-10-13-23-22(14-18)25(27)21-7-5-4-6-19(21)15-28-23/h4-14,16H,15H2,1-3H3. The quantitative estimate of drug-likeness (QED) is 0.585. The van der Waals surface area contributed by atoms with Gasteiger partial charge in [-0.05, 0) is 48.2 Å². The van der Waals surface area contributed by atoms with Gasteiger partial charge in [0.1, 0.15) is 12.4 Å². The van der Waals surface area contributed by atoms with Gasteiger partial charge in [-0.2, -0.15) is 0 Å². The number of ether oxygens (including phenoxy) is 1. The molecule has 0 radical (unpaired) electrons. The zero-order valence-corrected chi connectivity index (χ0v) is 16.4. The van der Waals surface area contributed by atoms with Crippen molar-refractivity contribution in [2.45, 2.75) is 33.3 Å². The van der Waals surface area contributed by atoms with Gasteiger partial charge in [-0.3, -0.25) is 9.78 Å². The molecule has 2 heterocycles. The van der Waals surface area contributed by atoms with Crippen molar-refractivity contribution in [1.29, 1.82) is 0 Å². The third kappa shape index (κ3) is 3.48. The molecule has 3 heteroatoms. The van der Waals surface area contributed by atoms with Gasteiger partial charge in [-0.15, -0.1) is 0 Å². The molecule has 0 saturated heterocycles. The fourth-order valence-electron chi connectivity index (χ4n) is 3.54. The van der Waals surface area contributed by atoms with Gasteiger partial charge in [0, 0.05) is 16.8 Å². The summed E-state index contributed by atoms with van der Waals surface area (Å²) in [6, 6.07) is 17.5. The molecule has 0 N–H and O–H groups in total. The van der Waals surface area contributed by atoms with Crippen LogP contribution in [-0.2, 0) is 6.61 Å². The third-order valence-corrected chi connectivity index (χ3v) is 5.04. The van der Waals surface area contributed by atoms with Crippen molar-refractivity contribution in [2.24, 2.45) is 0 Å². The minimum Gasteiger partial charge on any atom is -0.488 e. The molecule has 3 nitrogen and oxygen atoms in total. The zero-order chi connectivity index (χ0) is 19.7. The second-order valence-electron chi connectivity index (χ2n) is 7.46. The van der Waals surface area contributed by atoms with Crippen molar-refractivity contribution in [3.8, 4) is 5.75 Å². The maximum absolute atomic E-state index is 13.0. The van der Waals surface area contributed by atoms with E-state index in [0.29, 0.717) is 29.4 Å². The van der Waals surface area contributed by atoms with E-state index >= 15 is 0 Å². The summed E-state index contributed by atoms with van der Waals surface area (Å²) in [5, 5.41) is 0. The first-order valence-electron chi connectivity index (χ1n) is 9.58. The fourth-order valence-corrected chi connectivity index (χ4v) is 3.54. The summed E-state index contributed by atoms with van der Waals surface area (Å²) in [5.41, 5.74) is 6.42. The van der Waals surface area contributed by atoms with E-state index in [1.807, 2.05) is 60.7 Å². The molecule has 1 aliphatic heterocycles. The Hall–Kier alpha value is -3.20. The Morgan fingerprint density at radius 3 is 2.64 bits per heavy atom. The Morgan fingerprint density at radius 2 is 1.82 bits per heavy atom. The van der Waals surface area contributed by atoms with Crippen LogP contribution in [-0.4, -0.2) is 10.8 Å². The van der Waals surface area contributed by atoms with E-state index in [1.165, 1.54) is 5.56 Å². The fraction of sp³-hybridized carbons (Fsp3) is 0.200. The average molecular weight is 369 g/mol. The molecule has 3 aromatic rings. The summed E-state index contributed by atoms with van der Waals surface area (Å²) in [6.07, 6.45) is 3.98. The molecule has 0 aliphatic carbocycles. The van der Waals surface area contributed by atoms with Crippen LogP contribution in [0.25, 0.3) is 12.2 Å². The SMILES string of the molecule is Cc1ccc(C=Cc2ccc3c(c2)C(=O)c2ccccc2CO3)nc1C(C)C. The Balaban J connectivity index is 1.66. The highest BCUT2D eigenvalue weighted by Gasteiger charge is 2.21. The van der Waals surface area contributed by atoms with Crippen molar-refractivity contribution in [3.05, 3.63) is 93.8 Å². The van der Waals surface area contributed by atoms with Crippen LogP contribution < -0.4 is 4.74 Å². The lowest BCUT2D eigenvalue weighted by molar-refractivity contribution is 0.103. The molecule has 140 valence electrons. The van der Waals surface area contributed by atoms with E-state index in [0.717, 1.165) is 22.5 Å². The van der Waals surface area contributed by atoms with Crippen LogP contribution in [0.2, 0.25) is 0 Å². The van der Waals surface area contributed by atoms with E-state index < -0.39 is 0 Å². The van der Waals surface area contributed by atoms with E-state index in [4.69, 9.17) is 9.72 Å². The third-order valence-electron chi connectivity index (χ3n) is 5.04. The second kappa shape index (κ2) is 7.43. The number of ketones is 1. The summed E-state index contributed by atoms with van der Waals surface area (Å²) >= 11 is 0. The Kier molecular flexibility index (Phi) is 4.82. The molecule has 0 fully saturated rings. The molecule has 0 spiro atoms. The van der Waals surface area contributed by atoms with Crippen molar-refractivity contribution < 1.29 is 9.53 Å². The smallest absolute Gasteiger partial charge is 0.197 e. The lowest BCUT2D eigenvalue weighted by Crippen LogP contribution is -2.02. The number of hydrogen-bond acceptors (Lipinski definition) is 3. The van der Waals surface area contributed by atoms with Gasteiger partial charge in [0.05, 0.1) is 11.3 Å². The Bertz CT molecular complexity index is 1080. The van der Waals surface area contributed by atoms with E-state index in [9.17, 15) is 4.79 Å². The number of aryl methyl sites for hydroxylation is 1. The molecule has 4 rings (SSSR count). The van der Waals surface area contributed by atoms with Gasteiger partial charge in [-0.1, -0.05) is 56.3 Å². The topological polar surface area (TPSA) is 39.2 Å². The number of carbonyl (C=O) groups excluding carboxylic acids is 1. The Labute approximate surface area is 165 Å². The number of fused-ring (bicyclic) bond motifs is 2. The van der Waals surface area contributed by atoms with Gasteiger partial charge in [0.2, 0.25) is 0 Å². The van der Waals surface area contributed by atoms with Crippen molar-refractivity contribution in [3.63, 3.8) is 0 Å². The van der Waals surface area contributed by atoms with Crippen molar-refractivity contribution >= 4 is 17.9 Å². The minimum atomic E-state index is 0.00825. The van der Waals surface area contributed by atoms with Crippen LogP contribution in [0.15, 0.2) is 54.6 Å². The molecule has 0 saturated carbocycles. The lowest BCUT2D eigenvalue weighted by Gasteiger charge is -2.09. The molecular weight excluding hydrogens is 346 g/mol. The van der Waals surface area contributed by atoms with Crippen LogP contribution in [0.4, 0.5) is 0 Å². The maximum Gasteiger partial charge on any atom is 0.197 e. The highest BCUT2D eigenvalue weighted by Crippen LogP contribution is 2.29. The number of rotatable bonds is 3. The largest absolute Gasteiger partial charge is 0.488 e. The summed E-state index contributed by atoms with van der Waals surface area (Å²) in [5.74, 6) is 1.03. The number of hydrogen-bond donors (Lipinski definition) is 0. The highest BCUT2D eigenvalue weighted by atomic mass is 16.5. The predicted octanol–water partition coefficient (Wildman–Crippen LogP) is 5.81. The molecule has 28 heavy (non-hydrogen) atoms. The maximum atomic E-state index is 13.0. The Morgan fingerprint density at radius 1 is 1.00 bits per heavy atom. The summed E-state index contributed by atoms with van der Waals surface area (Å²) < 4.78 is 5.86.